The van der Waals surface area contributed by atoms with Crippen LogP contribution >= 0.6 is 0 Å². The first-order valence-electron chi connectivity index (χ1n) is 7.09. The van der Waals surface area contributed by atoms with Crippen molar-refractivity contribution in [2.45, 2.75) is 26.8 Å². The molecule has 0 fully saturated rings. The molecule has 0 aromatic heterocycles. The molecule has 0 spiro atoms. The van der Waals surface area contributed by atoms with Crippen LogP contribution in [0.5, 0.6) is 0 Å². The van der Waals surface area contributed by atoms with Gasteiger partial charge in [0, 0.05) is 18.3 Å². The van der Waals surface area contributed by atoms with Crippen LogP contribution in [0, 0.1) is 0 Å². The number of carbonyl (C=O) groups excluding carboxylic acids is 1. The Kier molecular flexibility index (Phi) is 6.91. The molecule has 0 saturated carbocycles. The molecule has 1 aliphatic rings. The van der Waals surface area contributed by atoms with E-state index in [1.165, 1.54) is 7.11 Å². The monoisotopic (exact) mass is 292 g/mol. The van der Waals surface area contributed by atoms with Crippen LogP contribution in [0.4, 0.5) is 4.79 Å². The minimum Gasteiger partial charge on any atom is -0.327 e. The predicted molar refractivity (Wildman–Crippen MR) is 82.5 cm³/mol. The van der Waals surface area contributed by atoms with E-state index in [4.69, 9.17) is 4.89 Å². The number of amides is 2. The number of carbonyl (C=O) groups is 1. The maximum absolute atomic E-state index is 11.9. The van der Waals surface area contributed by atoms with E-state index >= 15 is 0 Å². The Morgan fingerprint density at radius 1 is 1.24 bits per heavy atom. The Morgan fingerprint density at radius 2 is 1.86 bits per heavy atom. The van der Waals surface area contributed by atoms with Crippen LogP contribution in [0.15, 0.2) is 41.6 Å². The molecule has 21 heavy (non-hydrogen) atoms. The van der Waals surface area contributed by atoms with Crippen molar-refractivity contribution in [3.8, 4) is 0 Å². The van der Waals surface area contributed by atoms with Gasteiger partial charge in [-0.15, -0.1) is 0 Å². The summed E-state index contributed by atoms with van der Waals surface area (Å²) in [5.41, 5.74) is 2.89. The van der Waals surface area contributed by atoms with Crippen LogP contribution < -0.4 is 5.32 Å². The third kappa shape index (κ3) is 4.06. The molecule has 0 radical (unpaired) electrons. The van der Waals surface area contributed by atoms with Crippen LogP contribution in [-0.2, 0) is 9.78 Å². The van der Waals surface area contributed by atoms with Crippen molar-refractivity contribution in [2.24, 2.45) is 0 Å². The highest BCUT2D eigenvalue weighted by atomic mass is 17.2. The summed E-state index contributed by atoms with van der Waals surface area (Å²) >= 11 is 0. The number of nitrogens with zero attached hydrogens (tertiary/aromatic N) is 1. The van der Waals surface area contributed by atoms with Gasteiger partial charge in [0.05, 0.1) is 13.2 Å². The summed E-state index contributed by atoms with van der Waals surface area (Å²) in [5, 5.41) is 2.97. The van der Waals surface area contributed by atoms with Crippen molar-refractivity contribution >= 4 is 6.03 Å². The Labute approximate surface area is 126 Å². The standard InChI is InChI=1S/C14H18N2O3.C2H6/c1-10-12(9-19-18-3)13(15-14(17)16(10)2)11-7-5-4-6-8-11;1-2/h4-8,13H,9H2,1-3H3,(H,15,17);1-2H3. The number of hydrogen-bond acceptors (Lipinski definition) is 3. The molecular formula is C16H24N2O3. The maximum atomic E-state index is 11.9. The van der Waals surface area contributed by atoms with Gasteiger partial charge in [0.25, 0.3) is 0 Å². The molecule has 116 valence electrons. The number of benzene rings is 1. The molecule has 1 aromatic rings. The first-order chi connectivity index (χ1) is 10.1. The Hall–Kier alpha value is -1.85. The molecule has 2 rings (SSSR count). The zero-order valence-electron chi connectivity index (χ0n) is 13.3. The van der Waals surface area contributed by atoms with E-state index in [9.17, 15) is 4.79 Å². The smallest absolute Gasteiger partial charge is 0.322 e. The van der Waals surface area contributed by atoms with Crippen molar-refractivity contribution in [3.05, 3.63) is 47.2 Å². The average Bonchev–Trinajstić information content (AvgIpc) is 2.54. The van der Waals surface area contributed by atoms with Crippen LogP contribution in [0.1, 0.15) is 32.4 Å². The lowest BCUT2D eigenvalue weighted by Gasteiger charge is -2.34. The second-order valence-corrected chi connectivity index (χ2v) is 4.39. The van der Waals surface area contributed by atoms with E-state index in [0.29, 0.717) is 6.61 Å². The Balaban J connectivity index is 0.00000106. The average molecular weight is 292 g/mol. The fourth-order valence-electron chi connectivity index (χ4n) is 2.12. The lowest BCUT2D eigenvalue weighted by atomic mass is 9.96. The first kappa shape index (κ1) is 17.2. The van der Waals surface area contributed by atoms with Gasteiger partial charge >= 0.3 is 6.03 Å². The number of rotatable bonds is 4. The number of allylic oxidation sites excluding steroid dienone is 1. The van der Waals surface area contributed by atoms with Gasteiger partial charge in [-0.3, -0.25) is 0 Å². The topological polar surface area (TPSA) is 50.8 Å². The molecule has 1 aliphatic heterocycles. The summed E-state index contributed by atoms with van der Waals surface area (Å²) in [6, 6.07) is 9.51. The van der Waals surface area contributed by atoms with Gasteiger partial charge in [-0.25, -0.2) is 14.6 Å². The fourth-order valence-corrected chi connectivity index (χ4v) is 2.12. The van der Waals surface area contributed by atoms with Crippen molar-refractivity contribution in [2.75, 3.05) is 20.8 Å². The van der Waals surface area contributed by atoms with Crippen molar-refractivity contribution in [3.63, 3.8) is 0 Å². The summed E-state index contributed by atoms with van der Waals surface area (Å²) in [6.45, 7) is 6.22. The van der Waals surface area contributed by atoms with Gasteiger partial charge in [-0.2, -0.15) is 0 Å². The van der Waals surface area contributed by atoms with Crippen molar-refractivity contribution in [1.82, 2.24) is 10.2 Å². The summed E-state index contributed by atoms with van der Waals surface area (Å²) in [4.78, 5) is 23.2. The molecule has 5 nitrogen and oxygen atoms in total. The van der Waals surface area contributed by atoms with Crippen LogP contribution in [0.3, 0.4) is 0 Å². The highest BCUT2D eigenvalue weighted by Crippen LogP contribution is 2.29. The quantitative estimate of drug-likeness (QED) is 0.684. The molecule has 1 aromatic carbocycles. The van der Waals surface area contributed by atoms with Gasteiger partial charge in [0.1, 0.15) is 6.61 Å². The van der Waals surface area contributed by atoms with E-state index < -0.39 is 0 Å². The number of nitrogens with one attached hydrogen (secondary N) is 1. The van der Waals surface area contributed by atoms with E-state index in [1.807, 2.05) is 51.1 Å². The molecule has 0 saturated heterocycles. The summed E-state index contributed by atoms with van der Waals surface area (Å²) in [5.74, 6) is 0. The molecule has 1 unspecified atom stereocenters. The zero-order valence-corrected chi connectivity index (χ0v) is 13.3. The highest BCUT2D eigenvalue weighted by Gasteiger charge is 2.29. The van der Waals surface area contributed by atoms with Gasteiger partial charge in [-0.1, -0.05) is 44.2 Å². The van der Waals surface area contributed by atoms with Crippen LogP contribution in [-0.4, -0.2) is 31.7 Å². The minimum absolute atomic E-state index is 0.118. The highest BCUT2D eigenvalue weighted by molar-refractivity contribution is 5.78. The van der Waals surface area contributed by atoms with E-state index in [0.717, 1.165) is 16.8 Å². The molecule has 1 N–H and O–H groups in total. The van der Waals surface area contributed by atoms with E-state index in [2.05, 4.69) is 10.2 Å². The van der Waals surface area contributed by atoms with Gasteiger partial charge in [0.15, 0.2) is 0 Å². The van der Waals surface area contributed by atoms with E-state index in [-0.39, 0.29) is 12.1 Å². The van der Waals surface area contributed by atoms with Gasteiger partial charge in [0.2, 0.25) is 0 Å². The lowest BCUT2D eigenvalue weighted by molar-refractivity contribution is -0.266. The van der Waals surface area contributed by atoms with Crippen LogP contribution in [0.2, 0.25) is 0 Å². The summed E-state index contributed by atoms with van der Waals surface area (Å²) < 4.78 is 0. The third-order valence-corrected chi connectivity index (χ3v) is 3.35. The predicted octanol–water partition coefficient (Wildman–Crippen LogP) is 3.26. The Bertz CT molecular complexity index is 486. The summed E-state index contributed by atoms with van der Waals surface area (Å²) in [7, 11) is 3.21. The van der Waals surface area contributed by atoms with Crippen molar-refractivity contribution in [1.29, 1.82) is 0 Å². The van der Waals surface area contributed by atoms with Crippen LogP contribution in [0.25, 0.3) is 0 Å². The largest absolute Gasteiger partial charge is 0.327 e. The van der Waals surface area contributed by atoms with Gasteiger partial charge < -0.3 is 10.2 Å². The molecule has 0 aliphatic carbocycles. The van der Waals surface area contributed by atoms with Gasteiger partial charge in [-0.05, 0) is 12.5 Å². The molecular weight excluding hydrogens is 268 g/mol. The number of hydrogen-bond donors (Lipinski definition) is 1. The fraction of sp³-hybridized carbons (Fsp3) is 0.438. The molecule has 2 amide bonds. The summed E-state index contributed by atoms with van der Waals surface area (Å²) in [6.07, 6.45) is 0. The second kappa shape index (κ2) is 8.44. The van der Waals surface area contributed by atoms with Crippen molar-refractivity contribution < 1.29 is 14.6 Å². The number of urea groups is 1. The molecule has 5 heteroatoms. The minimum atomic E-state index is -0.181. The maximum Gasteiger partial charge on any atom is 0.322 e. The van der Waals surface area contributed by atoms with E-state index in [1.54, 1.807) is 11.9 Å². The molecule has 1 heterocycles. The molecule has 1 atom stereocenters. The molecule has 0 bridgehead atoms. The Morgan fingerprint density at radius 3 is 2.43 bits per heavy atom. The third-order valence-electron chi connectivity index (χ3n) is 3.35. The lowest BCUT2D eigenvalue weighted by Crippen LogP contribution is -2.45. The zero-order chi connectivity index (χ0) is 15.8. The SMILES string of the molecule is CC.COOCC1=C(C)N(C)C(=O)NC1c1ccccc1. The first-order valence-corrected chi connectivity index (χ1v) is 7.09. The normalized spacial score (nSPS) is 18.0. The second-order valence-electron chi connectivity index (χ2n) is 4.39.